The van der Waals surface area contributed by atoms with Crippen molar-refractivity contribution in [3.8, 4) is 0 Å². The fraction of sp³-hybridized carbons (Fsp3) is 0.222. The Kier molecular flexibility index (Phi) is 3.92. The average Bonchev–Trinajstić information content (AvgIpc) is 2.85. The van der Waals surface area contributed by atoms with Gasteiger partial charge in [0.25, 0.3) is 0 Å². The number of ether oxygens (including phenoxy) is 1. The molecule has 4 nitrogen and oxygen atoms in total. The van der Waals surface area contributed by atoms with Crippen LogP contribution in [-0.4, -0.2) is 17.3 Å². The smallest absolute Gasteiger partial charge is 0.215 e. The predicted octanol–water partition coefficient (Wildman–Crippen LogP) is 3.01. The van der Waals surface area contributed by atoms with E-state index in [9.17, 15) is 4.79 Å². The first-order chi connectivity index (χ1) is 10.7. The van der Waals surface area contributed by atoms with Crippen molar-refractivity contribution in [2.75, 3.05) is 6.54 Å². The van der Waals surface area contributed by atoms with Gasteiger partial charge in [-0.05, 0) is 31.5 Å². The molecule has 1 N–H and O–H groups in total. The molecule has 3 rings (SSSR count). The molecule has 4 heteroatoms. The number of hydrogen-bond donors (Lipinski definition) is 1. The lowest BCUT2D eigenvalue weighted by molar-refractivity contribution is -0.120. The highest BCUT2D eigenvalue weighted by Gasteiger charge is 2.37. The van der Waals surface area contributed by atoms with Gasteiger partial charge in [-0.25, -0.2) is 0 Å². The molecule has 2 heterocycles. The van der Waals surface area contributed by atoms with Gasteiger partial charge in [0.2, 0.25) is 11.7 Å². The molecule has 0 spiro atoms. The fourth-order valence-electron chi connectivity index (χ4n) is 2.53. The quantitative estimate of drug-likeness (QED) is 0.941. The maximum absolute atomic E-state index is 12.8. The van der Waals surface area contributed by atoms with Crippen LogP contribution in [0.5, 0.6) is 0 Å². The van der Waals surface area contributed by atoms with Crippen molar-refractivity contribution in [3.05, 3.63) is 71.4 Å². The first-order valence-corrected chi connectivity index (χ1v) is 7.37. The van der Waals surface area contributed by atoms with Gasteiger partial charge in [0, 0.05) is 18.3 Å². The number of aromatic nitrogens is 1. The Morgan fingerprint density at radius 1 is 1.23 bits per heavy atom. The second kappa shape index (κ2) is 6.02. The van der Waals surface area contributed by atoms with E-state index in [1.807, 2.05) is 56.3 Å². The predicted molar refractivity (Wildman–Crippen MR) is 84.8 cm³/mol. The third-order valence-corrected chi connectivity index (χ3v) is 3.56. The number of hydrogen-bond acceptors (Lipinski definition) is 4. The number of Topliss-reactive ketones (excluding diaryl/α,β-unsaturated/α-hetero) is 1. The van der Waals surface area contributed by atoms with E-state index in [1.54, 1.807) is 6.20 Å². The van der Waals surface area contributed by atoms with E-state index in [4.69, 9.17) is 4.74 Å². The van der Waals surface area contributed by atoms with Gasteiger partial charge in [-0.2, -0.15) is 0 Å². The fourth-order valence-corrected chi connectivity index (χ4v) is 2.53. The van der Waals surface area contributed by atoms with Crippen LogP contribution in [0, 0.1) is 6.92 Å². The number of nitrogens with one attached hydrogen (secondary N) is 1. The molecule has 0 saturated heterocycles. The molecule has 1 aliphatic heterocycles. The lowest BCUT2D eigenvalue weighted by Gasteiger charge is -2.12. The van der Waals surface area contributed by atoms with Crippen molar-refractivity contribution in [2.24, 2.45) is 0 Å². The summed E-state index contributed by atoms with van der Waals surface area (Å²) >= 11 is 0. The third-order valence-electron chi connectivity index (χ3n) is 3.56. The molecule has 0 amide bonds. The summed E-state index contributed by atoms with van der Waals surface area (Å²) < 4.78 is 5.89. The molecule has 1 unspecified atom stereocenters. The van der Waals surface area contributed by atoms with E-state index >= 15 is 0 Å². The number of ketones is 1. The molecule has 1 atom stereocenters. The van der Waals surface area contributed by atoms with Gasteiger partial charge in [0.15, 0.2) is 6.10 Å². The summed E-state index contributed by atoms with van der Waals surface area (Å²) in [5.74, 6) is 0.458. The molecule has 1 aromatic carbocycles. The zero-order chi connectivity index (χ0) is 15.5. The first-order valence-electron chi connectivity index (χ1n) is 7.37. The maximum atomic E-state index is 12.8. The summed E-state index contributed by atoms with van der Waals surface area (Å²) in [6.07, 6.45) is 1.11. The molecule has 2 aromatic rings. The van der Waals surface area contributed by atoms with Crippen LogP contribution in [0.1, 0.15) is 29.8 Å². The summed E-state index contributed by atoms with van der Waals surface area (Å²) in [6.45, 7) is 4.63. The normalized spacial score (nSPS) is 17.5. The molecule has 0 aliphatic carbocycles. The monoisotopic (exact) mass is 294 g/mol. The van der Waals surface area contributed by atoms with Crippen molar-refractivity contribution < 1.29 is 9.53 Å². The molecule has 0 fully saturated rings. The molecule has 112 valence electrons. The largest absolute Gasteiger partial charge is 0.462 e. The highest BCUT2D eigenvalue weighted by molar-refractivity contribution is 6.24. The number of nitrogens with zero attached hydrogens (tertiary/aromatic N) is 1. The zero-order valence-corrected chi connectivity index (χ0v) is 12.7. The Hall–Kier alpha value is -2.62. The van der Waals surface area contributed by atoms with Gasteiger partial charge < -0.3 is 10.1 Å². The Balaban J connectivity index is 2.01. The minimum absolute atomic E-state index is 0.0553. The van der Waals surface area contributed by atoms with Crippen molar-refractivity contribution in [1.29, 1.82) is 0 Å². The van der Waals surface area contributed by atoms with Gasteiger partial charge in [-0.15, -0.1) is 0 Å². The summed E-state index contributed by atoms with van der Waals surface area (Å²) in [4.78, 5) is 17.2. The van der Waals surface area contributed by atoms with Gasteiger partial charge in [-0.1, -0.05) is 30.3 Å². The van der Waals surface area contributed by atoms with Crippen LogP contribution in [0.4, 0.5) is 0 Å². The number of carbonyl (C=O) groups excluding carboxylic acids is 1. The van der Waals surface area contributed by atoms with E-state index in [1.165, 1.54) is 0 Å². The molecule has 1 aromatic heterocycles. The standard InChI is InChI=1S/C18H18N2O2/c1-3-19-18-15(14-11-12(2)9-10-20-14)16(21)17(22-18)13-7-5-4-6-8-13/h4-11,17,19H,3H2,1-2H3. The molecule has 22 heavy (non-hydrogen) atoms. The topological polar surface area (TPSA) is 51.2 Å². The van der Waals surface area contributed by atoms with Gasteiger partial charge in [-0.3, -0.25) is 9.78 Å². The van der Waals surface area contributed by atoms with E-state index in [2.05, 4.69) is 10.3 Å². The number of carbonyl (C=O) groups is 1. The average molecular weight is 294 g/mol. The summed E-state index contributed by atoms with van der Waals surface area (Å²) in [5, 5.41) is 3.14. The maximum Gasteiger partial charge on any atom is 0.215 e. The molecule has 1 aliphatic rings. The highest BCUT2D eigenvalue weighted by Crippen LogP contribution is 2.36. The number of aryl methyl sites for hydroxylation is 1. The van der Waals surface area contributed by atoms with E-state index < -0.39 is 6.10 Å². The number of rotatable bonds is 4. The minimum Gasteiger partial charge on any atom is -0.462 e. The Morgan fingerprint density at radius 2 is 2.00 bits per heavy atom. The van der Waals surface area contributed by atoms with Crippen molar-refractivity contribution in [1.82, 2.24) is 10.3 Å². The second-order valence-corrected chi connectivity index (χ2v) is 5.23. The van der Waals surface area contributed by atoms with Crippen LogP contribution < -0.4 is 5.32 Å². The third kappa shape index (κ3) is 2.60. The summed E-state index contributed by atoms with van der Waals surface area (Å²) in [6, 6.07) is 13.3. The minimum atomic E-state index is -0.604. The Morgan fingerprint density at radius 3 is 2.68 bits per heavy atom. The summed E-state index contributed by atoms with van der Waals surface area (Å²) in [5.41, 5.74) is 3.09. The van der Waals surface area contributed by atoms with Crippen molar-refractivity contribution in [2.45, 2.75) is 20.0 Å². The zero-order valence-electron chi connectivity index (χ0n) is 12.7. The van der Waals surface area contributed by atoms with Gasteiger partial charge in [0.1, 0.15) is 5.57 Å². The van der Waals surface area contributed by atoms with E-state index in [0.717, 1.165) is 11.1 Å². The highest BCUT2D eigenvalue weighted by atomic mass is 16.5. The second-order valence-electron chi connectivity index (χ2n) is 5.23. The van der Waals surface area contributed by atoms with Crippen molar-refractivity contribution in [3.63, 3.8) is 0 Å². The van der Waals surface area contributed by atoms with E-state index in [-0.39, 0.29) is 5.78 Å². The SMILES string of the molecule is CCNC1=C(c2cc(C)ccn2)C(=O)C(c2ccccc2)O1. The van der Waals surface area contributed by atoms with Crippen LogP contribution in [0.25, 0.3) is 5.57 Å². The molecule has 0 radical (unpaired) electrons. The van der Waals surface area contributed by atoms with Crippen LogP contribution in [0.2, 0.25) is 0 Å². The van der Waals surface area contributed by atoms with Crippen LogP contribution >= 0.6 is 0 Å². The lowest BCUT2D eigenvalue weighted by atomic mass is 9.99. The molecular formula is C18H18N2O2. The van der Waals surface area contributed by atoms with Gasteiger partial charge >= 0.3 is 0 Å². The summed E-state index contributed by atoms with van der Waals surface area (Å²) in [7, 11) is 0. The van der Waals surface area contributed by atoms with E-state index in [0.29, 0.717) is 23.7 Å². The lowest BCUT2D eigenvalue weighted by Crippen LogP contribution is -2.14. The van der Waals surface area contributed by atoms with Gasteiger partial charge in [0.05, 0.1) is 5.69 Å². The number of benzene rings is 1. The Bertz CT molecular complexity index is 723. The van der Waals surface area contributed by atoms with Crippen LogP contribution in [-0.2, 0) is 9.53 Å². The number of pyridine rings is 1. The molecular weight excluding hydrogens is 276 g/mol. The molecule has 0 saturated carbocycles. The van der Waals surface area contributed by atoms with Crippen molar-refractivity contribution >= 4 is 11.4 Å². The molecule has 0 bridgehead atoms. The Labute approximate surface area is 129 Å². The van der Waals surface area contributed by atoms with Crippen LogP contribution in [0.15, 0.2) is 54.5 Å². The first kappa shape index (κ1) is 14.3. The van der Waals surface area contributed by atoms with Crippen LogP contribution in [0.3, 0.4) is 0 Å².